The minimum atomic E-state index is -1.04. The second-order valence-electron chi connectivity index (χ2n) is 4.42. The van der Waals surface area contributed by atoms with E-state index >= 15 is 0 Å². The van der Waals surface area contributed by atoms with Crippen molar-refractivity contribution in [3.63, 3.8) is 0 Å². The Labute approximate surface area is 123 Å². The summed E-state index contributed by atoms with van der Waals surface area (Å²) in [6.45, 7) is 1.65. The average molecular weight is 337 g/mol. The lowest BCUT2D eigenvalue weighted by atomic mass is 10.1. The molecule has 0 amide bonds. The standard InChI is InChI=1S/C14H13BrN2O3/c1-8-10(7-13(18)19)14(20)17-12(16-8)6-9-4-2-3-5-11(9)15/h2-5H,6-7H2,1H3,(H,18,19)(H,16,17,20). The quantitative estimate of drug-likeness (QED) is 0.895. The number of nitrogens with one attached hydrogen (secondary N) is 1. The minimum absolute atomic E-state index is 0.202. The first kappa shape index (κ1) is 14.5. The predicted octanol–water partition coefficient (Wildman–Crippen LogP) is 2.06. The molecule has 0 saturated heterocycles. The van der Waals surface area contributed by atoms with Gasteiger partial charge in [0, 0.05) is 22.2 Å². The van der Waals surface area contributed by atoms with E-state index in [0.29, 0.717) is 17.9 Å². The van der Waals surface area contributed by atoms with Gasteiger partial charge >= 0.3 is 5.97 Å². The summed E-state index contributed by atoms with van der Waals surface area (Å²) in [4.78, 5) is 29.5. The molecule has 0 radical (unpaired) electrons. The van der Waals surface area contributed by atoms with Crippen LogP contribution in [0.3, 0.4) is 0 Å². The van der Waals surface area contributed by atoms with E-state index in [2.05, 4.69) is 25.9 Å². The molecule has 6 heteroatoms. The molecule has 0 aliphatic heterocycles. The van der Waals surface area contributed by atoms with Crippen LogP contribution in [0.1, 0.15) is 22.6 Å². The van der Waals surface area contributed by atoms with Crippen LogP contribution in [0, 0.1) is 6.92 Å². The fourth-order valence-corrected chi connectivity index (χ4v) is 2.36. The second-order valence-corrected chi connectivity index (χ2v) is 5.27. The Bertz CT molecular complexity index is 710. The lowest BCUT2D eigenvalue weighted by Crippen LogP contribution is -2.21. The molecule has 0 saturated carbocycles. The van der Waals surface area contributed by atoms with Crippen LogP contribution >= 0.6 is 15.9 Å². The predicted molar refractivity (Wildman–Crippen MR) is 77.9 cm³/mol. The molecule has 1 aromatic carbocycles. The van der Waals surface area contributed by atoms with Crippen LogP contribution in [0.2, 0.25) is 0 Å². The number of aryl methyl sites for hydroxylation is 1. The number of aromatic amines is 1. The Kier molecular flexibility index (Phi) is 4.34. The van der Waals surface area contributed by atoms with E-state index in [0.717, 1.165) is 10.0 Å². The number of hydrogen-bond acceptors (Lipinski definition) is 3. The van der Waals surface area contributed by atoms with Crippen molar-refractivity contribution in [3.8, 4) is 0 Å². The molecule has 2 N–H and O–H groups in total. The molecule has 0 spiro atoms. The topological polar surface area (TPSA) is 83.0 Å². The lowest BCUT2D eigenvalue weighted by molar-refractivity contribution is -0.136. The van der Waals surface area contributed by atoms with E-state index in [1.54, 1.807) is 6.92 Å². The van der Waals surface area contributed by atoms with Crippen molar-refractivity contribution in [1.82, 2.24) is 9.97 Å². The SMILES string of the molecule is Cc1nc(Cc2ccccc2Br)[nH]c(=O)c1CC(=O)O. The van der Waals surface area contributed by atoms with Crippen LogP contribution < -0.4 is 5.56 Å². The molecule has 0 aliphatic rings. The van der Waals surface area contributed by atoms with Crippen molar-refractivity contribution in [3.05, 3.63) is 61.7 Å². The van der Waals surface area contributed by atoms with Crippen LogP contribution in [-0.2, 0) is 17.6 Å². The number of aromatic nitrogens is 2. The molecule has 2 aromatic rings. The molecule has 20 heavy (non-hydrogen) atoms. The summed E-state index contributed by atoms with van der Waals surface area (Å²) in [5.41, 5.74) is 1.27. The molecule has 0 fully saturated rings. The molecule has 0 atom stereocenters. The molecule has 104 valence electrons. The summed E-state index contributed by atoms with van der Waals surface area (Å²) in [5, 5.41) is 8.77. The molecule has 0 aliphatic carbocycles. The van der Waals surface area contributed by atoms with E-state index < -0.39 is 5.97 Å². The van der Waals surface area contributed by atoms with Crippen molar-refractivity contribution in [1.29, 1.82) is 0 Å². The van der Waals surface area contributed by atoms with Crippen LogP contribution in [-0.4, -0.2) is 21.0 Å². The lowest BCUT2D eigenvalue weighted by Gasteiger charge is -2.07. The largest absolute Gasteiger partial charge is 0.481 e. The number of benzene rings is 1. The highest BCUT2D eigenvalue weighted by atomic mass is 79.9. The first-order chi connectivity index (χ1) is 9.47. The van der Waals surface area contributed by atoms with Gasteiger partial charge < -0.3 is 10.1 Å². The van der Waals surface area contributed by atoms with Gasteiger partial charge in [-0.3, -0.25) is 9.59 Å². The van der Waals surface area contributed by atoms with E-state index in [9.17, 15) is 9.59 Å². The Morgan fingerprint density at radius 3 is 2.70 bits per heavy atom. The number of H-pyrrole nitrogens is 1. The summed E-state index contributed by atoms with van der Waals surface area (Å²) in [6, 6.07) is 7.67. The maximum absolute atomic E-state index is 11.9. The third-order valence-corrected chi connectivity index (χ3v) is 3.69. The van der Waals surface area contributed by atoms with E-state index in [-0.39, 0.29) is 17.5 Å². The molecule has 1 heterocycles. The fraction of sp³-hybridized carbons (Fsp3) is 0.214. The number of halogens is 1. The molecule has 2 rings (SSSR count). The maximum atomic E-state index is 11.9. The van der Waals surface area contributed by atoms with Gasteiger partial charge in [0.05, 0.1) is 6.42 Å². The molecular weight excluding hydrogens is 324 g/mol. The monoisotopic (exact) mass is 336 g/mol. The Hall–Kier alpha value is -1.95. The van der Waals surface area contributed by atoms with E-state index in [4.69, 9.17) is 5.11 Å². The molecule has 0 unspecified atom stereocenters. The third kappa shape index (κ3) is 3.33. The highest BCUT2D eigenvalue weighted by Crippen LogP contribution is 2.18. The smallest absolute Gasteiger partial charge is 0.308 e. The number of carboxylic acid groups (broad SMARTS) is 1. The zero-order valence-electron chi connectivity index (χ0n) is 10.8. The van der Waals surface area contributed by atoms with Crippen LogP contribution in [0.5, 0.6) is 0 Å². The number of carbonyl (C=O) groups is 1. The van der Waals surface area contributed by atoms with Gasteiger partial charge in [-0.05, 0) is 18.6 Å². The number of aliphatic carboxylic acids is 1. The summed E-state index contributed by atoms with van der Waals surface area (Å²) in [5.74, 6) is -0.521. The van der Waals surface area contributed by atoms with Gasteiger partial charge in [-0.15, -0.1) is 0 Å². The van der Waals surface area contributed by atoms with Crippen molar-refractivity contribution in [2.45, 2.75) is 19.8 Å². The van der Waals surface area contributed by atoms with Gasteiger partial charge in [0.2, 0.25) is 0 Å². The van der Waals surface area contributed by atoms with Crippen LogP contribution in [0.4, 0.5) is 0 Å². The minimum Gasteiger partial charge on any atom is -0.481 e. The van der Waals surface area contributed by atoms with Crippen molar-refractivity contribution in [2.24, 2.45) is 0 Å². The fourth-order valence-electron chi connectivity index (χ4n) is 1.93. The van der Waals surface area contributed by atoms with Gasteiger partial charge in [0.1, 0.15) is 5.82 Å². The number of hydrogen-bond donors (Lipinski definition) is 2. The summed E-state index contributed by atoms with van der Waals surface area (Å²) in [7, 11) is 0. The molecule has 0 bridgehead atoms. The number of carboxylic acids is 1. The van der Waals surface area contributed by atoms with Crippen molar-refractivity contribution >= 4 is 21.9 Å². The summed E-state index contributed by atoms with van der Waals surface area (Å²) in [6.07, 6.45) is 0.161. The Morgan fingerprint density at radius 1 is 1.40 bits per heavy atom. The van der Waals surface area contributed by atoms with Gasteiger partial charge in [0.25, 0.3) is 5.56 Å². The highest BCUT2D eigenvalue weighted by Gasteiger charge is 2.12. The normalized spacial score (nSPS) is 10.5. The van der Waals surface area contributed by atoms with Crippen LogP contribution in [0.15, 0.2) is 33.5 Å². The number of nitrogens with zero attached hydrogens (tertiary/aromatic N) is 1. The first-order valence-electron chi connectivity index (χ1n) is 6.01. The molecular formula is C14H13BrN2O3. The van der Waals surface area contributed by atoms with Gasteiger partial charge in [-0.2, -0.15) is 0 Å². The zero-order valence-corrected chi connectivity index (χ0v) is 12.4. The Morgan fingerprint density at radius 2 is 2.10 bits per heavy atom. The zero-order chi connectivity index (χ0) is 14.7. The molecule has 1 aromatic heterocycles. The van der Waals surface area contributed by atoms with Gasteiger partial charge in [-0.1, -0.05) is 34.1 Å². The Balaban J connectivity index is 2.34. The maximum Gasteiger partial charge on any atom is 0.308 e. The summed E-state index contributed by atoms with van der Waals surface area (Å²) < 4.78 is 0.940. The first-order valence-corrected chi connectivity index (χ1v) is 6.80. The average Bonchev–Trinajstić information content (AvgIpc) is 2.36. The van der Waals surface area contributed by atoms with Crippen molar-refractivity contribution < 1.29 is 9.90 Å². The van der Waals surface area contributed by atoms with E-state index in [1.165, 1.54) is 0 Å². The van der Waals surface area contributed by atoms with E-state index in [1.807, 2.05) is 24.3 Å². The van der Waals surface area contributed by atoms with Crippen LogP contribution in [0.25, 0.3) is 0 Å². The highest BCUT2D eigenvalue weighted by molar-refractivity contribution is 9.10. The third-order valence-electron chi connectivity index (χ3n) is 2.92. The van der Waals surface area contributed by atoms with Gasteiger partial charge in [-0.25, -0.2) is 4.98 Å². The molecule has 5 nitrogen and oxygen atoms in total. The van der Waals surface area contributed by atoms with Gasteiger partial charge in [0.15, 0.2) is 0 Å². The van der Waals surface area contributed by atoms with Crippen molar-refractivity contribution in [2.75, 3.05) is 0 Å². The summed E-state index contributed by atoms with van der Waals surface area (Å²) >= 11 is 3.44. The second kappa shape index (κ2) is 6.00. The number of rotatable bonds is 4.